The molecule has 0 saturated heterocycles. The van der Waals surface area contributed by atoms with Crippen molar-refractivity contribution in [2.24, 2.45) is 5.92 Å². The monoisotopic (exact) mass is 428 g/mol. The minimum Gasteiger partial charge on any atom is -0.467 e. The van der Waals surface area contributed by atoms with Crippen molar-refractivity contribution in [1.82, 2.24) is 15.3 Å². The quantitative estimate of drug-likeness (QED) is 0.403. The van der Waals surface area contributed by atoms with Crippen molar-refractivity contribution in [3.63, 3.8) is 0 Å². The largest absolute Gasteiger partial charge is 0.467 e. The van der Waals surface area contributed by atoms with Gasteiger partial charge in [0.25, 0.3) is 0 Å². The molecule has 6 nitrogen and oxygen atoms in total. The van der Waals surface area contributed by atoms with Gasteiger partial charge in [0.15, 0.2) is 5.82 Å². The Morgan fingerprint density at radius 3 is 2.53 bits per heavy atom. The van der Waals surface area contributed by atoms with Crippen LogP contribution in [0.4, 0.5) is 5.82 Å². The maximum absolute atomic E-state index is 12.4. The molecule has 6 heteroatoms. The highest BCUT2D eigenvalue weighted by atomic mass is 16.3. The van der Waals surface area contributed by atoms with E-state index in [1.807, 2.05) is 66.7 Å². The number of nitrogens with one attached hydrogen (secondary N) is 1. The maximum Gasteiger partial charge on any atom is 0.221 e. The minimum absolute atomic E-state index is 0.0322. The average Bonchev–Trinajstić information content (AvgIpc) is 3.33. The number of anilines is 1. The number of aromatic nitrogens is 2. The van der Waals surface area contributed by atoms with Crippen molar-refractivity contribution < 1.29 is 9.21 Å². The van der Waals surface area contributed by atoms with Gasteiger partial charge in [0.1, 0.15) is 11.6 Å². The van der Waals surface area contributed by atoms with Crippen molar-refractivity contribution in [3.05, 3.63) is 78.8 Å². The summed E-state index contributed by atoms with van der Waals surface area (Å²) in [6.07, 6.45) is 2.03. The minimum atomic E-state index is 0.0322. The summed E-state index contributed by atoms with van der Waals surface area (Å²) in [5.41, 5.74) is 1.82. The Balaban J connectivity index is 1.70. The van der Waals surface area contributed by atoms with Gasteiger partial charge in [-0.05, 0) is 30.2 Å². The zero-order chi connectivity index (χ0) is 22.3. The Morgan fingerprint density at radius 2 is 1.78 bits per heavy atom. The van der Waals surface area contributed by atoms with Gasteiger partial charge >= 0.3 is 0 Å². The highest BCUT2D eigenvalue weighted by molar-refractivity contribution is 5.91. The predicted octanol–water partition coefficient (Wildman–Crippen LogP) is 5.06. The number of carbonyl (C=O) groups excluding carboxylic acids is 1. The van der Waals surface area contributed by atoms with Crippen molar-refractivity contribution >= 4 is 22.6 Å². The molecule has 0 aliphatic heterocycles. The first-order chi connectivity index (χ1) is 15.6. The number of hydrogen-bond donors (Lipinski definition) is 1. The third-order valence-corrected chi connectivity index (χ3v) is 5.16. The second-order valence-corrected chi connectivity index (χ2v) is 8.20. The number of carbonyl (C=O) groups is 1. The highest BCUT2D eigenvalue weighted by Gasteiger charge is 2.18. The van der Waals surface area contributed by atoms with E-state index >= 15 is 0 Å². The number of hydrogen-bond acceptors (Lipinski definition) is 5. The number of para-hydroxylation sites is 1. The predicted molar refractivity (Wildman–Crippen MR) is 127 cm³/mol. The van der Waals surface area contributed by atoms with Gasteiger partial charge in [-0.15, -0.1) is 0 Å². The average molecular weight is 429 g/mol. The summed E-state index contributed by atoms with van der Waals surface area (Å²) in [6.45, 7) is 5.87. The van der Waals surface area contributed by atoms with E-state index in [0.29, 0.717) is 37.8 Å². The van der Waals surface area contributed by atoms with Crippen molar-refractivity contribution in [1.29, 1.82) is 0 Å². The third-order valence-electron chi connectivity index (χ3n) is 5.16. The summed E-state index contributed by atoms with van der Waals surface area (Å²) < 4.78 is 5.61. The lowest BCUT2D eigenvalue weighted by Gasteiger charge is -2.24. The van der Waals surface area contributed by atoms with Crippen LogP contribution < -0.4 is 10.2 Å². The van der Waals surface area contributed by atoms with E-state index in [0.717, 1.165) is 28.0 Å². The lowest BCUT2D eigenvalue weighted by atomic mass is 10.1. The lowest BCUT2D eigenvalue weighted by Crippen LogP contribution is -2.33. The highest BCUT2D eigenvalue weighted by Crippen LogP contribution is 2.28. The molecule has 0 radical (unpaired) electrons. The number of nitrogens with zero attached hydrogens (tertiary/aromatic N) is 3. The summed E-state index contributed by atoms with van der Waals surface area (Å²) in [4.78, 5) is 24.3. The summed E-state index contributed by atoms with van der Waals surface area (Å²) in [6, 6.07) is 21.7. The van der Waals surface area contributed by atoms with E-state index in [9.17, 15) is 4.79 Å². The summed E-state index contributed by atoms with van der Waals surface area (Å²) in [7, 11) is 0. The second-order valence-electron chi connectivity index (χ2n) is 8.20. The molecule has 4 aromatic rings. The van der Waals surface area contributed by atoms with Gasteiger partial charge < -0.3 is 14.6 Å². The summed E-state index contributed by atoms with van der Waals surface area (Å²) in [5.74, 6) is 2.72. The molecule has 2 heterocycles. The molecule has 0 atom stereocenters. The fourth-order valence-corrected chi connectivity index (χ4v) is 3.51. The maximum atomic E-state index is 12.4. The van der Waals surface area contributed by atoms with Gasteiger partial charge in [0, 0.05) is 30.5 Å². The van der Waals surface area contributed by atoms with Gasteiger partial charge in [-0.2, -0.15) is 0 Å². The zero-order valence-corrected chi connectivity index (χ0v) is 18.5. The Bertz CT molecular complexity index is 1160. The van der Waals surface area contributed by atoms with Crippen LogP contribution in [0.25, 0.3) is 22.3 Å². The van der Waals surface area contributed by atoms with Crippen LogP contribution in [0, 0.1) is 5.92 Å². The molecule has 0 aliphatic carbocycles. The molecule has 0 fully saturated rings. The molecule has 0 spiro atoms. The van der Waals surface area contributed by atoms with Crippen LogP contribution in [0.3, 0.4) is 0 Å². The molecule has 0 unspecified atom stereocenters. The SMILES string of the molecule is CC(C)CNC(=O)CCN(Cc1ccco1)c1nc(-c2ccccc2)nc2ccccc12. The number of rotatable bonds is 9. The molecule has 1 N–H and O–H groups in total. The fraction of sp³-hybridized carbons (Fsp3) is 0.269. The Morgan fingerprint density at radius 1 is 1.00 bits per heavy atom. The van der Waals surface area contributed by atoms with Gasteiger partial charge in [0.2, 0.25) is 5.91 Å². The van der Waals surface area contributed by atoms with Crippen molar-refractivity contribution in [3.8, 4) is 11.4 Å². The molecule has 0 bridgehead atoms. The molecule has 32 heavy (non-hydrogen) atoms. The van der Waals surface area contributed by atoms with E-state index in [-0.39, 0.29) is 5.91 Å². The molecule has 0 saturated carbocycles. The molecular weight excluding hydrogens is 400 g/mol. The topological polar surface area (TPSA) is 71.3 Å². The van der Waals surface area contributed by atoms with E-state index in [1.165, 1.54) is 0 Å². The molecule has 2 aromatic carbocycles. The molecule has 0 aliphatic rings. The summed E-state index contributed by atoms with van der Waals surface area (Å²) >= 11 is 0. The molecule has 1 amide bonds. The first-order valence-electron chi connectivity index (χ1n) is 11.0. The van der Waals surface area contributed by atoms with Gasteiger partial charge in [-0.3, -0.25) is 4.79 Å². The lowest BCUT2D eigenvalue weighted by molar-refractivity contribution is -0.121. The molecular formula is C26H28N4O2. The smallest absolute Gasteiger partial charge is 0.221 e. The van der Waals surface area contributed by atoms with Crippen LogP contribution in [0.15, 0.2) is 77.4 Å². The van der Waals surface area contributed by atoms with E-state index in [1.54, 1.807) is 6.26 Å². The van der Waals surface area contributed by atoms with Crippen LogP contribution >= 0.6 is 0 Å². The number of amides is 1. The molecule has 4 rings (SSSR count). The Hall–Kier alpha value is -3.67. The summed E-state index contributed by atoms with van der Waals surface area (Å²) in [5, 5.41) is 3.95. The first kappa shape index (κ1) is 21.6. The van der Waals surface area contributed by atoms with E-state index in [2.05, 4.69) is 24.1 Å². The third kappa shape index (κ3) is 5.32. The van der Waals surface area contributed by atoms with Crippen molar-refractivity contribution in [2.75, 3.05) is 18.0 Å². The molecule has 2 aromatic heterocycles. The van der Waals surface area contributed by atoms with E-state index in [4.69, 9.17) is 14.4 Å². The first-order valence-corrected chi connectivity index (χ1v) is 11.0. The van der Waals surface area contributed by atoms with Crippen LogP contribution in [-0.2, 0) is 11.3 Å². The fourth-order valence-electron chi connectivity index (χ4n) is 3.51. The van der Waals surface area contributed by atoms with Crippen molar-refractivity contribution in [2.45, 2.75) is 26.8 Å². The van der Waals surface area contributed by atoms with Crippen LogP contribution in [0.1, 0.15) is 26.0 Å². The van der Waals surface area contributed by atoms with E-state index < -0.39 is 0 Å². The number of fused-ring (bicyclic) bond motifs is 1. The standard InChI is InChI=1S/C26H28N4O2/c1-19(2)17-27-24(31)14-15-30(18-21-11-8-16-32-21)26-22-12-6-7-13-23(22)28-25(29-26)20-9-4-3-5-10-20/h3-13,16,19H,14-15,17-18H2,1-2H3,(H,27,31). The number of furan rings is 1. The molecule has 164 valence electrons. The second kappa shape index (κ2) is 10.1. The van der Waals surface area contributed by atoms with Gasteiger partial charge in [0.05, 0.1) is 18.3 Å². The Labute approximate surface area is 188 Å². The zero-order valence-electron chi connectivity index (χ0n) is 18.5. The van der Waals surface area contributed by atoms with Crippen LogP contribution in [0.2, 0.25) is 0 Å². The van der Waals surface area contributed by atoms with Crippen LogP contribution in [-0.4, -0.2) is 29.0 Å². The van der Waals surface area contributed by atoms with Gasteiger partial charge in [-0.25, -0.2) is 9.97 Å². The van der Waals surface area contributed by atoms with Crippen LogP contribution in [0.5, 0.6) is 0 Å². The number of benzene rings is 2. The van der Waals surface area contributed by atoms with Gasteiger partial charge in [-0.1, -0.05) is 56.3 Å². The normalized spacial score (nSPS) is 11.1. The Kier molecular flexibility index (Phi) is 6.80.